The van der Waals surface area contributed by atoms with Crippen molar-refractivity contribution in [3.63, 3.8) is 0 Å². The molecule has 0 unspecified atom stereocenters. The Balaban J connectivity index is 1.90. The van der Waals surface area contributed by atoms with Gasteiger partial charge in [-0.2, -0.15) is 0 Å². The molecule has 14 heavy (non-hydrogen) atoms. The molecule has 0 spiro atoms. The van der Waals surface area contributed by atoms with Crippen LogP contribution in [0.25, 0.3) is 0 Å². The lowest BCUT2D eigenvalue weighted by Crippen LogP contribution is -2.43. The number of alkyl halides is 1. The second-order valence-electron chi connectivity index (χ2n) is 3.97. The lowest BCUT2D eigenvalue weighted by Gasteiger charge is -2.34. The van der Waals surface area contributed by atoms with Gasteiger partial charge in [0.2, 0.25) is 0 Å². The van der Waals surface area contributed by atoms with Crippen LogP contribution in [0, 0.1) is 5.92 Å². The van der Waals surface area contributed by atoms with Crippen molar-refractivity contribution in [1.82, 2.24) is 10.2 Å². The zero-order valence-electron chi connectivity index (χ0n) is 8.28. The van der Waals surface area contributed by atoms with Gasteiger partial charge in [-0.3, -0.25) is 0 Å². The second-order valence-corrected chi connectivity index (χ2v) is 4.60. The van der Waals surface area contributed by atoms with Gasteiger partial charge in [-0.25, -0.2) is 0 Å². The first kappa shape index (κ1) is 9.81. The van der Waals surface area contributed by atoms with E-state index in [0.29, 0.717) is 5.92 Å². The number of allylic oxidation sites excluding steroid dienone is 2. The molecule has 0 aromatic carbocycles. The third-order valence-electron chi connectivity index (χ3n) is 2.55. The monoisotopic (exact) mass is 210 g/mol. The first-order valence-corrected chi connectivity index (χ1v) is 5.25. The summed E-state index contributed by atoms with van der Waals surface area (Å²) in [4.78, 5) is 1.78. The molecule has 0 aromatic heterocycles. The van der Waals surface area contributed by atoms with Gasteiger partial charge >= 0.3 is 0 Å². The van der Waals surface area contributed by atoms with E-state index in [0.717, 1.165) is 13.1 Å². The van der Waals surface area contributed by atoms with E-state index in [1.165, 1.54) is 0 Å². The fourth-order valence-electron chi connectivity index (χ4n) is 1.72. The maximum Gasteiger partial charge on any atom is 0.150 e. The van der Waals surface area contributed by atoms with Crippen molar-refractivity contribution in [3.8, 4) is 0 Å². The molecule has 0 bridgehead atoms. The van der Waals surface area contributed by atoms with Gasteiger partial charge in [-0.05, 0) is 31.5 Å². The zero-order chi connectivity index (χ0) is 10.0. The number of halogens is 1. The van der Waals surface area contributed by atoms with Gasteiger partial charge in [0, 0.05) is 19.0 Å². The zero-order valence-corrected chi connectivity index (χ0v) is 9.04. The number of dihydropyridines is 1. The molecule has 2 nitrogen and oxygen atoms in total. The summed E-state index contributed by atoms with van der Waals surface area (Å²) in [7, 11) is 2.13. The number of nitrogens with zero attached hydrogens (tertiary/aromatic N) is 1. The number of hydrogen-bond acceptors (Lipinski definition) is 2. The molecule has 0 radical (unpaired) electrons. The Morgan fingerprint density at radius 1 is 1.50 bits per heavy atom. The maximum absolute atomic E-state index is 6.29. The second kappa shape index (κ2) is 3.79. The minimum absolute atomic E-state index is 0.511. The molecule has 1 saturated heterocycles. The normalized spacial score (nSPS) is 33.3. The summed E-state index contributed by atoms with van der Waals surface area (Å²) in [6, 6.07) is 0. The van der Waals surface area contributed by atoms with Crippen LogP contribution in [0.3, 0.4) is 0 Å². The van der Waals surface area contributed by atoms with Crippen LogP contribution in [-0.2, 0) is 0 Å². The molecule has 0 amide bonds. The third kappa shape index (κ3) is 2.20. The SMILES string of the molecule is CN1CC(/C=C/[C@]2(Cl)C=CC=CN2)C1. The molecule has 3 heteroatoms. The molecule has 2 heterocycles. The van der Waals surface area contributed by atoms with E-state index in [4.69, 9.17) is 11.6 Å². The predicted molar refractivity (Wildman–Crippen MR) is 60.1 cm³/mol. The van der Waals surface area contributed by atoms with Crippen LogP contribution in [0.4, 0.5) is 0 Å². The summed E-state index contributed by atoms with van der Waals surface area (Å²) >= 11 is 6.29. The Hall–Kier alpha value is -0.730. The fraction of sp³-hybridized carbons (Fsp3) is 0.455. The Kier molecular flexibility index (Phi) is 2.66. The van der Waals surface area contributed by atoms with Gasteiger partial charge in [-0.1, -0.05) is 23.8 Å². The summed E-state index contributed by atoms with van der Waals surface area (Å²) in [5.74, 6) is 0.664. The van der Waals surface area contributed by atoms with Crippen molar-refractivity contribution in [3.05, 3.63) is 36.6 Å². The predicted octanol–water partition coefficient (Wildman–Crippen LogP) is 1.71. The highest BCUT2D eigenvalue weighted by Gasteiger charge is 2.23. The molecule has 1 N–H and O–H groups in total. The molecular weight excluding hydrogens is 196 g/mol. The Morgan fingerprint density at radius 2 is 2.29 bits per heavy atom. The summed E-state index contributed by atoms with van der Waals surface area (Å²) < 4.78 is 0. The van der Waals surface area contributed by atoms with Crippen molar-refractivity contribution in [2.24, 2.45) is 5.92 Å². The van der Waals surface area contributed by atoms with Crippen LogP contribution >= 0.6 is 11.6 Å². The molecule has 0 saturated carbocycles. The third-order valence-corrected chi connectivity index (χ3v) is 2.92. The topological polar surface area (TPSA) is 15.3 Å². The standard InChI is InChI=1S/C11H15ClN2/c1-14-8-10(9-14)4-6-11(12)5-2-3-7-13-11/h2-7,10,13H,8-9H2,1H3/b6-4+/t11-/m0/s1. The minimum atomic E-state index is -0.511. The average molecular weight is 211 g/mol. The molecule has 2 aliphatic rings. The Bertz CT molecular complexity index is 290. The smallest absolute Gasteiger partial charge is 0.150 e. The number of hydrogen-bond donors (Lipinski definition) is 1. The quantitative estimate of drug-likeness (QED) is 0.424. The maximum atomic E-state index is 6.29. The van der Waals surface area contributed by atoms with E-state index in [9.17, 15) is 0 Å². The van der Waals surface area contributed by atoms with Crippen LogP contribution in [-0.4, -0.2) is 30.0 Å². The van der Waals surface area contributed by atoms with Crippen LogP contribution in [0.5, 0.6) is 0 Å². The Labute approximate surface area is 89.9 Å². The lowest BCUT2D eigenvalue weighted by molar-refractivity contribution is 0.170. The average Bonchev–Trinajstić information content (AvgIpc) is 2.12. The van der Waals surface area contributed by atoms with Crippen molar-refractivity contribution in [1.29, 1.82) is 0 Å². The Morgan fingerprint density at radius 3 is 2.86 bits per heavy atom. The minimum Gasteiger partial charge on any atom is -0.366 e. The van der Waals surface area contributed by atoms with E-state index < -0.39 is 5.00 Å². The molecule has 2 aliphatic heterocycles. The highest BCUT2D eigenvalue weighted by molar-refractivity contribution is 6.26. The van der Waals surface area contributed by atoms with Crippen LogP contribution < -0.4 is 5.32 Å². The molecule has 76 valence electrons. The van der Waals surface area contributed by atoms with Crippen molar-refractivity contribution >= 4 is 11.6 Å². The summed E-state index contributed by atoms with van der Waals surface area (Å²) in [5, 5.41) is 3.11. The van der Waals surface area contributed by atoms with E-state index in [1.54, 1.807) is 0 Å². The molecule has 2 rings (SSSR count). The van der Waals surface area contributed by atoms with Gasteiger partial charge in [0.25, 0.3) is 0 Å². The van der Waals surface area contributed by atoms with Gasteiger partial charge in [-0.15, -0.1) is 0 Å². The van der Waals surface area contributed by atoms with Gasteiger partial charge in [0.1, 0.15) is 5.00 Å². The van der Waals surface area contributed by atoms with Crippen molar-refractivity contribution in [2.45, 2.75) is 5.00 Å². The number of rotatable bonds is 2. The highest BCUT2D eigenvalue weighted by atomic mass is 35.5. The first-order chi connectivity index (χ1) is 6.68. The first-order valence-electron chi connectivity index (χ1n) is 4.87. The molecule has 0 aliphatic carbocycles. The van der Waals surface area contributed by atoms with E-state index in [-0.39, 0.29) is 0 Å². The van der Waals surface area contributed by atoms with Crippen molar-refractivity contribution < 1.29 is 0 Å². The molecular formula is C11H15ClN2. The molecule has 1 atom stereocenters. The van der Waals surface area contributed by atoms with Gasteiger partial charge in [0.15, 0.2) is 0 Å². The van der Waals surface area contributed by atoms with Crippen LogP contribution in [0.15, 0.2) is 36.6 Å². The summed E-state index contributed by atoms with van der Waals surface area (Å²) in [6.45, 7) is 2.28. The van der Waals surface area contributed by atoms with Crippen LogP contribution in [0.2, 0.25) is 0 Å². The van der Waals surface area contributed by atoms with Crippen molar-refractivity contribution in [2.75, 3.05) is 20.1 Å². The fourth-order valence-corrected chi connectivity index (χ4v) is 1.93. The largest absolute Gasteiger partial charge is 0.366 e. The van der Waals surface area contributed by atoms with Gasteiger partial charge < -0.3 is 10.2 Å². The van der Waals surface area contributed by atoms with E-state index in [2.05, 4.69) is 23.3 Å². The van der Waals surface area contributed by atoms with Crippen LogP contribution in [0.1, 0.15) is 0 Å². The summed E-state index contributed by atoms with van der Waals surface area (Å²) in [5.41, 5.74) is 0. The van der Waals surface area contributed by atoms with E-state index >= 15 is 0 Å². The summed E-state index contributed by atoms with van der Waals surface area (Å²) in [6.07, 6.45) is 11.9. The molecule has 1 fully saturated rings. The number of likely N-dealkylation sites (tertiary alicyclic amines) is 1. The molecule has 0 aromatic rings. The number of nitrogens with one attached hydrogen (secondary N) is 1. The van der Waals surface area contributed by atoms with Gasteiger partial charge in [0.05, 0.1) is 0 Å². The lowest BCUT2D eigenvalue weighted by atomic mass is 9.99. The van der Waals surface area contributed by atoms with E-state index in [1.807, 2.05) is 30.5 Å². The highest BCUT2D eigenvalue weighted by Crippen LogP contribution is 2.21.